The second-order valence-corrected chi connectivity index (χ2v) is 7.38. The zero-order chi connectivity index (χ0) is 15.6. The SMILES string of the molecule is C#CCN(C(=O)c1ccc(F)cc1C)C1CCS(=O)(=O)C1. The molecule has 0 bridgehead atoms. The third-order valence-corrected chi connectivity index (χ3v) is 5.34. The van der Waals surface area contributed by atoms with Gasteiger partial charge in [0.25, 0.3) is 5.91 Å². The Labute approximate surface area is 123 Å². The van der Waals surface area contributed by atoms with Crippen molar-refractivity contribution in [2.24, 2.45) is 0 Å². The van der Waals surface area contributed by atoms with Crippen LogP contribution in [0.4, 0.5) is 4.39 Å². The van der Waals surface area contributed by atoms with Crippen LogP contribution in [-0.4, -0.2) is 43.3 Å². The highest BCUT2D eigenvalue weighted by Gasteiger charge is 2.34. The number of aryl methyl sites for hydroxylation is 1. The van der Waals surface area contributed by atoms with Crippen LogP contribution in [0.25, 0.3) is 0 Å². The van der Waals surface area contributed by atoms with Crippen molar-refractivity contribution in [3.8, 4) is 12.3 Å². The lowest BCUT2D eigenvalue weighted by Crippen LogP contribution is -2.41. The van der Waals surface area contributed by atoms with Crippen LogP contribution in [0.3, 0.4) is 0 Å². The molecular weight excluding hydrogens is 293 g/mol. The maximum atomic E-state index is 13.1. The van der Waals surface area contributed by atoms with E-state index in [4.69, 9.17) is 6.42 Å². The average Bonchev–Trinajstić information content (AvgIpc) is 2.75. The molecule has 0 N–H and O–H groups in total. The van der Waals surface area contributed by atoms with Gasteiger partial charge in [-0.05, 0) is 37.1 Å². The van der Waals surface area contributed by atoms with Gasteiger partial charge in [0.15, 0.2) is 9.84 Å². The van der Waals surface area contributed by atoms with E-state index in [9.17, 15) is 17.6 Å². The quantitative estimate of drug-likeness (QED) is 0.793. The molecule has 2 rings (SSSR count). The van der Waals surface area contributed by atoms with E-state index in [1.54, 1.807) is 6.92 Å². The first-order valence-electron chi connectivity index (χ1n) is 6.55. The van der Waals surface area contributed by atoms with Gasteiger partial charge in [-0.1, -0.05) is 5.92 Å². The summed E-state index contributed by atoms with van der Waals surface area (Å²) >= 11 is 0. The summed E-state index contributed by atoms with van der Waals surface area (Å²) in [4.78, 5) is 14.0. The number of benzene rings is 1. The van der Waals surface area contributed by atoms with Gasteiger partial charge in [-0.25, -0.2) is 12.8 Å². The van der Waals surface area contributed by atoms with Crippen molar-refractivity contribution in [2.75, 3.05) is 18.1 Å². The van der Waals surface area contributed by atoms with Crippen molar-refractivity contribution >= 4 is 15.7 Å². The molecular formula is C15H16FNO3S. The molecule has 1 unspecified atom stereocenters. The highest BCUT2D eigenvalue weighted by Crippen LogP contribution is 2.21. The molecule has 112 valence electrons. The summed E-state index contributed by atoms with van der Waals surface area (Å²) in [5, 5.41) is 0. The molecule has 4 nitrogen and oxygen atoms in total. The predicted octanol–water partition coefficient (Wildman–Crippen LogP) is 1.40. The molecule has 1 aliphatic rings. The second kappa shape index (κ2) is 5.86. The largest absolute Gasteiger partial charge is 0.323 e. The minimum atomic E-state index is -3.11. The molecule has 1 aromatic rings. The van der Waals surface area contributed by atoms with Crippen LogP contribution in [-0.2, 0) is 9.84 Å². The summed E-state index contributed by atoms with van der Waals surface area (Å²) in [6, 6.07) is 3.47. The van der Waals surface area contributed by atoms with Crippen molar-refractivity contribution < 1.29 is 17.6 Å². The lowest BCUT2D eigenvalue weighted by atomic mass is 10.1. The molecule has 21 heavy (non-hydrogen) atoms. The molecule has 0 spiro atoms. The number of amides is 1. The van der Waals surface area contributed by atoms with Gasteiger partial charge >= 0.3 is 0 Å². The molecule has 0 saturated carbocycles. The number of carbonyl (C=O) groups excluding carboxylic acids is 1. The van der Waals surface area contributed by atoms with E-state index in [-0.39, 0.29) is 24.0 Å². The van der Waals surface area contributed by atoms with Crippen molar-refractivity contribution in [1.82, 2.24) is 4.90 Å². The normalized spacial score (nSPS) is 20.0. The van der Waals surface area contributed by atoms with Crippen LogP contribution in [0.2, 0.25) is 0 Å². The smallest absolute Gasteiger partial charge is 0.255 e. The zero-order valence-corrected chi connectivity index (χ0v) is 12.5. The summed E-state index contributed by atoms with van der Waals surface area (Å²) in [6.45, 7) is 1.67. The number of nitrogens with zero attached hydrogens (tertiary/aromatic N) is 1. The molecule has 1 aromatic carbocycles. The molecule has 1 fully saturated rings. The van der Waals surface area contributed by atoms with E-state index in [1.807, 2.05) is 0 Å². The maximum absolute atomic E-state index is 13.1. The van der Waals surface area contributed by atoms with Gasteiger partial charge in [0.2, 0.25) is 0 Å². The summed E-state index contributed by atoms with van der Waals surface area (Å²) in [5.74, 6) is 1.61. The van der Waals surface area contributed by atoms with Crippen LogP contribution in [0.1, 0.15) is 22.3 Å². The third kappa shape index (κ3) is 3.42. The maximum Gasteiger partial charge on any atom is 0.255 e. The van der Waals surface area contributed by atoms with Crippen LogP contribution in [0.5, 0.6) is 0 Å². The monoisotopic (exact) mass is 309 g/mol. The summed E-state index contributed by atoms with van der Waals surface area (Å²) in [5.41, 5.74) is 0.846. The fourth-order valence-corrected chi connectivity index (χ4v) is 4.24. The Morgan fingerprint density at radius 1 is 1.52 bits per heavy atom. The number of halogens is 1. The predicted molar refractivity (Wildman–Crippen MR) is 78.1 cm³/mol. The van der Waals surface area contributed by atoms with Crippen LogP contribution >= 0.6 is 0 Å². The highest BCUT2D eigenvalue weighted by atomic mass is 32.2. The molecule has 1 amide bonds. The fourth-order valence-electron chi connectivity index (χ4n) is 2.51. The summed E-state index contributed by atoms with van der Waals surface area (Å²) < 4.78 is 36.3. The van der Waals surface area contributed by atoms with E-state index in [0.717, 1.165) is 0 Å². The minimum absolute atomic E-state index is 0.0375. The van der Waals surface area contributed by atoms with Gasteiger partial charge in [0.05, 0.1) is 18.1 Å². The molecule has 0 aromatic heterocycles. The Bertz CT molecular complexity index is 706. The van der Waals surface area contributed by atoms with Crippen molar-refractivity contribution in [2.45, 2.75) is 19.4 Å². The summed E-state index contributed by atoms with van der Waals surface area (Å²) in [6.07, 6.45) is 5.67. The van der Waals surface area contributed by atoms with E-state index in [1.165, 1.54) is 23.1 Å². The Hall–Kier alpha value is -1.87. The Balaban J connectivity index is 2.30. The molecule has 0 aliphatic carbocycles. The van der Waals surface area contributed by atoms with Gasteiger partial charge < -0.3 is 4.90 Å². The lowest BCUT2D eigenvalue weighted by molar-refractivity contribution is 0.0723. The van der Waals surface area contributed by atoms with Gasteiger partial charge in [-0.15, -0.1) is 6.42 Å². The van der Waals surface area contributed by atoms with Crippen LogP contribution < -0.4 is 0 Å². The van der Waals surface area contributed by atoms with Gasteiger partial charge in [-0.3, -0.25) is 4.79 Å². The highest BCUT2D eigenvalue weighted by molar-refractivity contribution is 7.91. The number of hydrogen-bond acceptors (Lipinski definition) is 3. The topological polar surface area (TPSA) is 54.5 Å². The number of rotatable bonds is 3. The van der Waals surface area contributed by atoms with Crippen LogP contribution in [0, 0.1) is 25.1 Å². The standard InChI is InChI=1S/C15H16FNO3S/c1-3-7-17(13-6-8-21(19,20)10-13)15(18)14-5-4-12(16)9-11(14)2/h1,4-5,9,13H,6-8,10H2,2H3. The lowest BCUT2D eigenvalue weighted by Gasteiger charge is -2.26. The van der Waals surface area contributed by atoms with Gasteiger partial charge in [-0.2, -0.15) is 0 Å². The first-order valence-corrected chi connectivity index (χ1v) is 8.37. The molecule has 1 saturated heterocycles. The number of carbonyl (C=O) groups is 1. The fraction of sp³-hybridized carbons (Fsp3) is 0.400. The number of sulfone groups is 1. The third-order valence-electron chi connectivity index (χ3n) is 3.59. The van der Waals surface area contributed by atoms with E-state index < -0.39 is 21.7 Å². The molecule has 1 heterocycles. The minimum Gasteiger partial charge on any atom is -0.323 e. The van der Waals surface area contributed by atoms with Gasteiger partial charge in [0, 0.05) is 11.6 Å². The van der Waals surface area contributed by atoms with Gasteiger partial charge in [0.1, 0.15) is 5.82 Å². The number of hydrogen-bond donors (Lipinski definition) is 0. The first-order chi connectivity index (χ1) is 9.84. The van der Waals surface area contributed by atoms with E-state index in [2.05, 4.69) is 5.92 Å². The Morgan fingerprint density at radius 3 is 2.76 bits per heavy atom. The van der Waals surface area contributed by atoms with E-state index in [0.29, 0.717) is 17.5 Å². The average molecular weight is 309 g/mol. The van der Waals surface area contributed by atoms with Crippen molar-refractivity contribution in [3.05, 3.63) is 35.1 Å². The molecule has 1 aliphatic heterocycles. The molecule has 1 atom stereocenters. The summed E-state index contributed by atoms with van der Waals surface area (Å²) in [7, 11) is -3.11. The molecule has 6 heteroatoms. The van der Waals surface area contributed by atoms with Crippen molar-refractivity contribution in [1.29, 1.82) is 0 Å². The van der Waals surface area contributed by atoms with Crippen LogP contribution in [0.15, 0.2) is 18.2 Å². The number of terminal acetylenes is 1. The molecule has 0 radical (unpaired) electrons. The second-order valence-electron chi connectivity index (χ2n) is 5.15. The Kier molecular flexibility index (Phi) is 4.33. The zero-order valence-electron chi connectivity index (χ0n) is 11.7. The first kappa shape index (κ1) is 15.5. The Morgan fingerprint density at radius 2 is 2.24 bits per heavy atom. The van der Waals surface area contributed by atoms with Crippen molar-refractivity contribution in [3.63, 3.8) is 0 Å². The van der Waals surface area contributed by atoms with E-state index >= 15 is 0 Å².